The largest absolute Gasteiger partial charge is 0.240 e. The Morgan fingerprint density at radius 1 is 1.86 bits per heavy atom. The van der Waals surface area contributed by atoms with Crippen LogP contribution in [0, 0.1) is 0 Å². The van der Waals surface area contributed by atoms with E-state index in [0.717, 1.165) is 11.9 Å². The van der Waals surface area contributed by atoms with E-state index >= 15 is 0 Å². The molecule has 1 atom stereocenters. The Hall–Kier alpha value is 0.270. The highest BCUT2D eigenvalue weighted by atomic mass is 32.2. The van der Waals surface area contributed by atoms with E-state index in [9.17, 15) is 0 Å². The summed E-state index contributed by atoms with van der Waals surface area (Å²) in [5, 5.41) is 0.722. The average Bonchev–Trinajstić information content (AvgIpc) is 2.42. The third-order valence-corrected chi connectivity index (χ3v) is 1.71. The molecule has 0 amide bonds. The van der Waals surface area contributed by atoms with Gasteiger partial charge in [-0.05, 0) is 0 Å². The van der Waals surface area contributed by atoms with Gasteiger partial charge in [0.2, 0.25) is 0 Å². The van der Waals surface area contributed by atoms with E-state index in [4.69, 9.17) is 0 Å². The van der Waals surface area contributed by atoms with Gasteiger partial charge in [0.1, 0.15) is 0 Å². The smallest absolute Gasteiger partial charge is 0.0948 e. The van der Waals surface area contributed by atoms with Gasteiger partial charge in [0.15, 0.2) is 0 Å². The van der Waals surface area contributed by atoms with E-state index in [1.165, 1.54) is 12.9 Å². The minimum absolute atomic E-state index is 0.722. The van der Waals surface area contributed by atoms with Gasteiger partial charge in [-0.3, -0.25) is 0 Å². The van der Waals surface area contributed by atoms with Crippen molar-refractivity contribution in [2.75, 3.05) is 19.5 Å². The van der Waals surface area contributed by atoms with Crippen LogP contribution in [0.1, 0.15) is 0 Å². The summed E-state index contributed by atoms with van der Waals surface area (Å²) in [4.78, 5) is 9.02. The molecule has 7 heavy (non-hydrogen) atoms. The van der Waals surface area contributed by atoms with Crippen molar-refractivity contribution in [2.24, 2.45) is 0 Å². The van der Waals surface area contributed by atoms with Crippen molar-refractivity contribution >= 4 is 11.8 Å². The Labute approximate surface area is 47.1 Å². The van der Waals surface area contributed by atoms with E-state index in [-0.39, 0.29) is 0 Å². The zero-order valence-corrected chi connectivity index (χ0v) is 5.03. The summed E-state index contributed by atoms with van der Waals surface area (Å²) >= 11 is 1.90. The van der Waals surface area contributed by atoms with Crippen molar-refractivity contribution in [3.63, 3.8) is 0 Å². The van der Waals surface area contributed by atoms with Crippen LogP contribution in [0.5, 0.6) is 0 Å². The Morgan fingerprint density at radius 3 is 3.00 bits per heavy atom. The van der Waals surface area contributed by atoms with Crippen LogP contribution >= 0.6 is 11.8 Å². The predicted octanol–water partition coefficient (Wildman–Crippen LogP) is 0.680. The molecule has 0 aromatic heterocycles. The maximum absolute atomic E-state index is 4.64. The van der Waals surface area contributed by atoms with E-state index < -0.39 is 0 Å². The van der Waals surface area contributed by atoms with Crippen molar-refractivity contribution in [1.29, 1.82) is 0 Å². The van der Waals surface area contributed by atoms with Crippen LogP contribution in [0.4, 0.5) is 0 Å². The highest BCUT2D eigenvalue weighted by Gasteiger charge is 2.22. The topological polar surface area (TPSA) is 18.5 Å². The van der Waals surface area contributed by atoms with Gasteiger partial charge in [-0.2, -0.15) is 11.8 Å². The van der Waals surface area contributed by atoms with Gasteiger partial charge in [-0.1, -0.05) is 0 Å². The van der Waals surface area contributed by atoms with Crippen molar-refractivity contribution in [2.45, 2.75) is 5.25 Å². The number of thioether (sulfide) groups is 1. The number of rotatable bonds is 3. The molecule has 0 radical (unpaired) electrons. The fourth-order valence-corrected chi connectivity index (χ4v) is 0.692. The first kappa shape index (κ1) is 5.41. The van der Waals surface area contributed by atoms with Gasteiger partial charge >= 0.3 is 0 Å². The lowest BCUT2D eigenvalue weighted by Crippen LogP contribution is -1.97. The summed E-state index contributed by atoms with van der Waals surface area (Å²) in [6.07, 6.45) is 0. The number of hydrogen-bond donors (Lipinski definition) is 0. The molecule has 1 heterocycles. The molecule has 1 saturated heterocycles. The first-order chi connectivity index (χ1) is 3.43. The third-order valence-electron chi connectivity index (χ3n) is 0.774. The second-order valence-corrected chi connectivity index (χ2v) is 2.74. The molecule has 0 bridgehead atoms. The first-order valence-electron chi connectivity index (χ1n) is 2.20. The van der Waals surface area contributed by atoms with Crippen molar-refractivity contribution in [3.05, 3.63) is 0 Å². The molecule has 1 aliphatic rings. The highest BCUT2D eigenvalue weighted by molar-refractivity contribution is 8.06. The summed E-state index contributed by atoms with van der Waals surface area (Å²) < 4.78 is 0. The zero-order valence-electron chi connectivity index (χ0n) is 4.22. The maximum Gasteiger partial charge on any atom is 0.0948 e. The van der Waals surface area contributed by atoms with Crippen LogP contribution in [0.25, 0.3) is 0 Å². The molecule has 0 aliphatic carbocycles. The lowest BCUT2D eigenvalue weighted by molar-refractivity contribution is -0.270. The molecule has 0 aromatic carbocycles. The van der Waals surface area contributed by atoms with Crippen LogP contribution in [-0.4, -0.2) is 24.7 Å². The quantitative estimate of drug-likeness (QED) is 0.310. The Balaban J connectivity index is 1.80. The van der Waals surface area contributed by atoms with Gasteiger partial charge in [0.05, 0.1) is 13.7 Å². The van der Waals surface area contributed by atoms with Gasteiger partial charge < -0.3 is 0 Å². The Bertz CT molecular complexity index is 53.7. The molecule has 1 unspecified atom stereocenters. The van der Waals surface area contributed by atoms with Gasteiger partial charge in [-0.15, -0.1) is 0 Å². The van der Waals surface area contributed by atoms with Crippen molar-refractivity contribution in [1.82, 2.24) is 0 Å². The molecule has 1 rings (SSSR count). The molecule has 0 aromatic rings. The molecule has 1 aliphatic heterocycles. The monoisotopic (exact) mass is 120 g/mol. The molecule has 0 saturated carbocycles. The minimum atomic E-state index is 0.722. The maximum atomic E-state index is 4.64. The Morgan fingerprint density at radius 2 is 2.57 bits per heavy atom. The number of hydrogen-bond acceptors (Lipinski definition) is 3. The van der Waals surface area contributed by atoms with Gasteiger partial charge in [-0.25, -0.2) is 9.78 Å². The summed E-state index contributed by atoms with van der Waals surface area (Å²) in [6, 6.07) is 0. The molecular formula is C4H8O2S. The van der Waals surface area contributed by atoms with Crippen LogP contribution in [-0.2, 0) is 9.78 Å². The zero-order chi connectivity index (χ0) is 5.11. The fraction of sp³-hybridized carbons (Fsp3) is 1.00. The van der Waals surface area contributed by atoms with Gasteiger partial charge in [0.25, 0.3) is 0 Å². The second-order valence-electron chi connectivity index (χ2n) is 1.41. The molecule has 3 heteroatoms. The molecule has 2 nitrogen and oxygen atoms in total. The summed E-state index contributed by atoms with van der Waals surface area (Å²) in [5.41, 5.74) is 0. The average molecular weight is 120 g/mol. The molecular weight excluding hydrogens is 112 g/mol. The predicted molar refractivity (Wildman–Crippen MR) is 29.2 cm³/mol. The summed E-state index contributed by atoms with van der Waals surface area (Å²) in [5.74, 6) is 1.24. The van der Waals surface area contributed by atoms with Crippen LogP contribution < -0.4 is 0 Å². The highest BCUT2D eigenvalue weighted by Crippen LogP contribution is 2.29. The lowest BCUT2D eigenvalue weighted by Gasteiger charge is -1.91. The molecule has 42 valence electrons. The molecule has 1 fully saturated rings. The fourth-order valence-electron chi connectivity index (χ4n) is 0.308. The van der Waals surface area contributed by atoms with E-state index in [1.807, 2.05) is 11.8 Å². The van der Waals surface area contributed by atoms with Crippen LogP contribution in [0.3, 0.4) is 0 Å². The normalized spacial score (nSPS) is 27.9. The molecule has 0 N–H and O–H groups in total. The minimum Gasteiger partial charge on any atom is -0.240 e. The first-order valence-corrected chi connectivity index (χ1v) is 3.25. The van der Waals surface area contributed by atoms with E-state index in [2.05, 4.69) is 9.78 Å². The standard InChI is InChI=1S/C4H8O2S/c1-5-6-2-4-3-7-4/h4H,2-3H2,1H3. The van der Waals surface area contributed by atoms with Crippen molar-refractivity contribution < 1.29 is 9.78 Å². The van der Waals surface area contributed by atoms with E-state index in [1.54, 1.807) is 0 Å². The van der Waals surface area contributed by atoms with Crippen LogP contribution in [0.15, 0.2) is 0 Å². The lowest BCUT2D eigenvalue weighted by atomic mass is 10.5. The Kier molecular flexibility index (Phi) is 1.97. The SMILES string of the molecule is COOCC1CS1. The van der Waals surface area contributed by atoms with E-state index in [0.29, 0.717) is 0 Å². The molecule has 0 spiro atoms. The summed E-state index contributed by atoms with van der Waals surface area (Å²) in [6.45, 7) is 0.751. The third kappa shape index (κ3) is 2.16. The second kappa shape index (κ2) is 2.55. The van der Waals surface area contributed by atoms with Gasteiger partial charge in [0, 0.05) is 11.0 Å². The van der Waals surface area contributed by atoms with Crippen molar-refractivity contribution in [3.8, 4) is 0 Å². The van der Waals surface area contributed by atoms with Crippen LogP contribution in [0.2, 0.25) is 0 Å². The summed E-state index contributed by atoms with van der Waals surface area (Å²) in [7, 11) is 1.53.